The normalized spacial score (nSPS) is 16.2. The van der Waals surface area contributed by atoms with Gasteiger partial charge in [-0.25, -0.2) is 9.59 Å². The van der Waals surface area contributed by atoms with E-state index >= 15 is 0 Å². The van der Waals surface area contributed by atoms with Crippen LogP contribution >= 0.6 is 0 Å². The molecule has 1 aliphatic heterocycles. The van der Waals surface area contributed by atoms with Crippen LogP contribution in [0.1, 0.15) is 93.0 Å². The molecule has 1 unspecified atom stereocenters. The number of anilines is 1. The maximum atomic E-state index is 14.0. The third kappa shape index (κ3) is 8.10. The average Bonchev–Trinajstić information content (AvgIpc) is 3.43. The number of hydrogen-bond donors (Lipinski definition) is 0. The Balaban J connectivity index is 1.47. The molecule has 11 heteroatoms. The standard InChI is InChI=1S/C34H43F3N2O6/c1-21-24-16-17-39(30(40)19-28(31(41)43-6)38(5)32(42)45-33(2,3)4)27(24)14-15-29(21)44-20-22-12-13-25(23-10-8-7-9-11-23)26(18-22)34(35,36)37/h12-15,18,23,28H,7-11,16-17,19-20H2,1-6H3. The van der Waals surface area contributed by atoms with E-state index in [1.54, 1.807) is 49.9 Å². The maximum Gasteiger partial charge on any atom is 0.416 e. The smallest absolute Gasteiger partial charge is 0.416 e. The Labute approximate surface area is 262 Å². The van der Waals surface area contributed by atoms with E-state index in [4.69, 9.17) is 14.2 Å². The van der Waals surface area contributed by atoms with Gasteiger partial charge in [-0.2, -0.15) is 13.2 Å². The quantitative estimate of drug-likeness (QED) is 0.284. The summed E-state index contributed by atoms with van der Waals surface area (Å²) in [5.41, 5.74) is 1.74. The minimum Gasteiger partial charge on any atom is -0.489 e. The molecule has 1 saturated carbocycles. The van der Waals surface area contributed by atoms with Gasteiger partial charge in [-0.15, -0.1) is 0 Å². The molecule has 45 heavy (non-hydrogen) atoms. The van der Waals surface area contributed by atoms with Crippen molar-refractivity contribution < 1.29 is 41.8 Å². The first-order chi connectivity index (χ1) is 21.1. The highest BCUT2D eigenvalue weighted by Gasteiger charge is 2.37. The summed E-state index contributed by atoms with van der Waals surface area (Å²) in [5, 5.41) is 0. The fourth-order valence-electron chi connectivity index (χ4n) is 6.17. The molecule has 1 fully saturated rings. The number of carbonyl (C=O) groups excluding carboxylic acids is 3. The van der Waals surface area contributed by atoms with Crippen molar-refractivity contribution >= 4 is 23.7 Å². The molecule has 8 nitrogen and oxygen atoms in total. The van der Waals surface area contributed by atoms with Crippen LogP contribution in [-0.4, -0.2) is 55.2 Å². The molecular formula is C34H43F3N2O6. The van der Waals surface area contributed by atoms with Crippen molar-refractivity contribution in [1.29, 1.82) is 0 Å². The van der Waals surface area contributed by atoms with Gasteiger partial charge in [0.15, 0.2) is 0 Å². The van der Waals surface area contributed by atoms with Gasteiger partial charge in [0, 0.05) is 19.3 Å². The third-order valence-corrected chi connectivity index (χ3v) is 8.55. The molecule has 0 radical (unpaired) electrons. The molecule has 2 aromatic rings. The van der Waals surface area contributed by atoms with E-state index in [9.17, 15) is 27.6 Å². The van der Waals surface area contributed by atoms with Crippen LogP contribution in [0.4, 0.5) is 23.7 Å². The van der Waals surface area contributed by atoms with Crippen molar-refractivity contribution in [3.8, 4) is 5.75 Å². The first kappa shape index (κ1) is 34.1. The Morgan fingerprint density at radius 3 is 2.36 bits per heavy atom. The number of nitrogens with zero attached hydrogens (tertiary/aromatic N) is 2. The van der Waals surface area contributed by atoms with Gasteiger partial charge in [0.1, 0.15) is 24.0 Å². The zero-order chi connectivity index (χ0) is 33.1. The molecule has 2 aromatic carbocycles. The van der Waals surface area contributed by atoms with E-state index in [0.717, 1.165) is 48.1 Å². The number of carbonyl (C=O) groups is 3. The van der Waals surface area contributed by atoms with E-state index in [0.29, 0.717) is 35.5 Å². The SMILES string of the molecule is COC(=O)C(CC(=O)N1CCc2c1ccc(OCc1ccc(C3CCCCC3)c(C(F)(F)F)c1)c2C)N(C)C(=O)OC(C)(C)C. The predicted molar refractivity (Wildman–Crippen MR) is 163 cm³/mol. The van der Waals surface area contributed by atoms with Gasteiger partial charge in [-0.05, 0) is 93.3 Å². The summed E-state index contributed by atoms with van der Waals surface area (Å²) in [4.78, 5) is 41.2. The van der Waals surface area contributed by atoms with Gasteiger partial charge in [0.05, 0.1) is 19.1 Å². The highest BCUT2D eigenvalue weighted by atomic mass is 19.4. The second-order valence-corrected chi connectivity index (χ2v) is 12.9. The van der Waals surface area contributed by atoms with Crippen LogP contribution in [0.25, 0.3) is 0 Å². The van der Waals surface area contributed by atoms with Crippen molar-refractivity contribution in [2.24, 2.45) is 0 Å². The van der Waals surface area contributed by atoms with Crippen LogP contribution in [0, 0.1) is 6.92 Å². The molecule has 1 aliphatic carbocycles. The molecule has 1 heterocycles. The number of fused-ring (bicyclic) bond motifs is 1. The van der Waals surface area contributed by atoms with Crippen LogP contribution < -0.4 is 9.64 Å². The second kappa shape index (κ2) is 13.7. The summed E-state index contributed by atoms with van der Waals surface area (Å²) < 4.78 is 58.3. The number of halogens is 3. The van der Waals surface area contributed by atoms with E-state index in [-0.39, 0.29) is 24.9 Å². The van der Waals surface area contributed by atoms with Crippen LogP contribution in [0.2, 0.25) is 0 Å². The molecule has 0 aromatic heterocycles. The van der Waals surface area contributed by atoms with E-state index in [2.05, 4.69) is 0 Å². The lowest BCUT2D eigenvalue weighted by atomic mass is 9.81. The fourth-order valence-corrected chi connectivity index (χ4v) is 6.17. The van der Waals surface area contributed by atoms with Gasteiger partial charge in [-0.3, -0.25) is 9.69 Å². The van der Waals surface area contributed by atoms with Crippen molar-refractivity contribution in [2.75, 3.05) is 25.6 Å². The number of hydrogen-bond acceptors (Lipinski definition) is 6. The number of amides is 2. The summed E-state index contributed by atoms with van der Waals surface area (Å²) in [5.74, 6) is -0.664. The zero-order valence-electron chi connectivity index (χ0n) is 26.9. The van der Waals surface area contributed by atoms with Crippen LogP contribution in [0.15, 0.2) is 30.3 Å². The van der Waals surface area contributed by atoms with Gasteiger partial charge >= 0.3 is 18.2 Å². The molecule has 246 valence electrons. The fraction of sp³-hybridized carbons (Fsp3) is 0.559. The summed E-state index contributed by atoms with van der Waals surface area (Å²) in [6.45, 7) is 7.28. The van der Waals surface area contributed by atoms with Crippen molar-refractivity contribution in [3.63, 3.8) is 0 Å². The summed E-state index contributed by atoms with van der Waals surface area (Å²) in [6, 6.07) is 6.79. The summed E-state index contributed by atoms with van der Waals surface area (Å²) >= 11 is 0. The van der Waals surface area contributed by atoms with Crippen molar-refractivity contribution in [1.82, 2.24) is 4.90 Å². The Bertz CT molecular complexity index is 1410. The number of benzene rings is 2. The Morgan fingerprint density at radius 2 is 1.73 bits per heavy atom. The van der Waals surface area contributed by atoms with E-state index in [1.807, 2.05) is 6.92 Å². The molecular weight excluding hydrogens is 589 g/mol. The first-order valence-corrected chi connectivity index (χ1v) is 15.4. The van der Waals surface area contributed by atoms with E-state index in [1.165, 1.54) is 20.2 Å². The lowest BCUT2D eigenvalue weighted by molar-refractivity contribution is -0.148. The van der Waals surface area contributed by atoms with Gasteiger partial charge in [0.2, 0.25) is 5.91 Å². The predicted octanol–water partition coefficient (Wildman–Crippen LogP) is 7.33. The first-order valence-electron chi connectivity index (χ1n) is 15.4. The highest BCUT2D eigenvalue weighted by Crippen LogP contribution is 2.41. The molecule has 0 bridgehead atoms. The number of methoxy groups -OCH3 is 1. The number of likely N-dealkylation sites (N-methyl/N-ethyl adjacent to an activating group) is 1. The van der Waals surface area contributed by atoms with Crippen LogP contribution in [0.5, 0.6) is 5.75 Å². The monoisotopic (exact) mass is 632 g/mol. The highest BCUT2D eigenvalue weighted by molar-refractivity contribution is 5.99. The Hall–Kier alpha value is -3.76. The summed E-state index contributed by atoms with van der Waals surface area (Å²) in [7, 11) is 2.57. The molecule has 0 saturated heterocycles. The Morgan fingerprint density at radius 1 is 1.04 bits per heavy atom. The second-order valence-electron chi connectivity index (χ2n) is 12.9. The van der Waals surface area contributed by atoms with Crippen LogP contribution in [-0.2, 0) is 38.3 Å². The number of rotatable bonds is 8. The summed E-state index contributed by atoms with van der Waals surface area (Å²) in [6.07, 6.45) is -0.471. The topological polar surface area (TPSA) is 85.4 Å². The number of alkyl halides is 3. The van der Waals surface area contributed by atoms with Crippen LogP contribution in [0.3, 0.4) is 0 Å². The van der Waals surface area contributed by atoms with Gasteiger partial charge < -0.3 is 19.1 Å². The number of esters is 1. The maximum absolute atomic E-state index is 14.0. The molecule has 2 aliphatic rings. The molecule has 0 N–H and O–H groups in total. The minimum atomic E-state index is -4.45. The molecule has 2 amide bonds. The molecule has 1 atom stereocenters. The molecule has 0 spiro atoms. The lowest BCUT2D eigenvalue weighted by Crippen LogP contribution is -2.48. The van der Waals surface area contributed by atoms with E-state index < -0.39 is 35.4 Å². The van der Waals surface area contributed by atoms with Gasteiger partial charge in [-0.1, -0.05) is 31.4 Å². The van der Waals surface area contributed by atoms with Gasteiger partial charge in [0.25, 0.3) is 0 Å². The average molecular weight is 633 g/mol. The largest absolute Gasteiger partial charge is 0.489 e. The third-order valence-electron chi connectivity index (χ3n) is 8.55. The number of ether oxygens (including phenoxy) is 3. The Kier molecular flexibility index (Phi) is 10.4. The molecule has 4 rings (SSSR count). The lowest BCUT2D eigenvalue weighted by Gasteiger charge is -2.30. The van der Waals surface area contributed by atoms with Crippen molar-refractivity contribution in [2.45, 2.75) is 103 Å². The minimum absolute atomic E-state index is 0.0336. The van der Waals surface area contributed by atoms with Crippen molar-refractivity contribution in [3.05, 3.63) is 58.1 Å². The zero-order valence-corrected chi connectivity index (χ0v) is 26.9.